The lowest BCUT2D eigenvalue weighted by Gasteiger charge is -2.22. The average Bonchev–Trinajstić information content (AvgIpc) is 2.80. The molecule has 0 radical (unpaired) electrons. The number of rotatable bonds is 10. The summed E-state index contributed by atoms with van der Waals surface area (Å²) in [4.78, 5) is 2.48. The lowest BCUT2D eigenvalue weighted by molar-refractivity contribution is 0.157. The molecular formula is C15H31NO. The summed E-state index contributed by atoms with van der Waals surface area (Å²) < 4.78 is 0. The third-order valence-corrected chi connectivity index (χ3v) is 4.01. The van der Waals surface area contributed by atoms with Gasteiger partial charge in [0.1, 0.15) is 0 Å². The van der Waals surface area contributed by atoms with E-state index < -0.39 is 0 Å². The van der Waals surface area contributed by atoms with Crippen LogP contribution in [0.4, 0.5) is 0 Å². The Morgan fingerprint density at radius 2 is 1.65 bits per heavy atom. The Morgan fingerprint density at radius 1 is 1.00 bits per heavy atom. The van der Waals surface area contributed by atoms with E-state index in [9.17, 15) is 5.11 Å². The van der Waals surface area contributed by atoms with E-state index in [2.05, 4.69) is 11.8 Å². The zero-order valence-electron chi connectivity index (χ0n) is 11.7. The Hall–Kier alpha value is -0.0800. The minimum Gasteiger partial charge on any atom is -0.395 e. The lowest BCUT2D eigenvalue weighted by atomic mass is 10.1. The number of nitrogens with zero attached hydrogens (tertiary/aromatic N) is 1. The van der Waals surface area contributed by atoms with Crippen molar-refractivity contribution in [1.82, 2.24) is 4.90 Å². The fraction of sp³-hybridized carbons (Fsp3) is 1.00. The summed E-state index contributed by atoms with van der Waals surface area (Å²) in [6, 6.07) is 0.472. The van der Waals surface area contributed by atoms with Crippen LogP contribution in [0.3, 0.4) is 0 Å². The first-order chi connectivity index (χ1) is 8.38. The first-order valence-corrected chi connectivity index (χ1v) is 7.73. The van der Waals surface area contributed by atoms with E-state index in [0.29, 0.717) is 12.6 Å². The SMILES string of the molecule is CCCCCCCCCCN1CCC[C@H]1CO. The van der Waals surface area contributed by atoms with Gasteiger partial charge in [-0.1, -0.05) is 51.9 Å². The topological polar surface area (TPSA) is 23.5 Å². The molecule has 1 aliphatic heterocycles. The third kappa shape index (κ3) is 6.42. The smallest absolute Gasteiger partial charge is 0.0586 e. The van der Waals surface area contributed by atoms with Crippen LogP contribution < -0.4 is 0 Å². The van der Waals surface area contributed by atoms with Gasteiger partial charge >= 0.3 is 0 Å². The maximum Gasteiger partial charge on any atom is 0.0586 e. The van der Waals surface area contributed by atoms with Gasteiger partial charge in [0.2, 0.25) is 0 Å². The van der Waals surface area contributed by atoms with Crippen molar-refractivity contribution in [2.24, 2.45) is 0 Å². The van der Waals surface area contributed by atoms with Gasteiger partial charge in [-0.15, -0.1) is 0 Å². The predicted molar refractivity (Wildman–Crippen MR) is 74.3 cm³/mol. The van der Waals surface area contributed by atoms with Crippen LogP contribution in [0.25, 0.3) is 0 Å². The van der Waals surface area contributed by atoms with Crippen molar-refractivity contribution in [2.75, 3.05) is 19.7 Å². The number of hydrogen-bond acceptors (Lipinski definition) is 2. The van der Waals surface area contributed by atoms with Crippen LogP contribution in [0.5, 0.6) is 0 Å². The molecular weight excluding hydrogens is 210 g/mol. The number of unbranched alkanes of at least 4 members (excludes halogenated alkanes) is 7. The lowest BCUT2D eigenvalue weighted by Crippen LogP contribution is -2.32. The van der Waals surface area contributed by atoms with Crippen LogP contribution in [0, 0.1) is 0 Å². The standard InChI is InChI=1S/C15H31NO/c1-2-3-4-5-6-7-8-9-12-16-13-10-11-15(16)14-17/h15,17H,2-14H2,1H3/t15-/m0/s1. The Labute approximate surface area is 107 Å². The summed E-state index contributed by atoms with van der Waals surface area (Å²) in [5, 5.41) is 9.22. The van der Waals surface area contributed by atoms with E-state index in [4.69, 9.17) is 0 Å². The molecule has 0 saturated carbocycles. The Morgan fingerprint density at radius 3 is 2.29 bits per heavy atom. The largest absolute Gasteiger partial charge is 0.395 e. The molecule has 0 aromatic heterocycles. The quantitative estimate of drug-likeness (QED) is 0.591. The van der Waals surface area contributed by atoms with Crippen LogP contribution in [0.15, 0.2) is 0 Å². The van der Waals surface area contributed by atoms with Gasteiger partial charge < -0.3 is 5.11 Å². The van der Waals surface area contributed by atoms with Crippen molar-refractivity contribution in [3.8, 4) is 0 Å². The fourth-order valence-electron chi connectivity index (χ4n) is 2.85. The fourth-order valence-corrected chi connectivity index (χ4v) is 2.85. The second-order valence-electron chi connectivity index (χ2n) is 5.49. The van der Waals surface area contributed by atoms with E-state index in [1.165, 1.54) is 77.3 Å². The summed E-state index contributed by atoms with van der Waals surface area (Å²) in [6.45, 7) is 5.05. The highest BCUT2D eigenvalue weighted by molar-refractivity contribution is 4.77. The molecule has 0 spiro atoms. The van der Waals surface area contributed by atoms with Gasteiger partial charge in [0.25, 0.3) is 0 Å². The predicted octanol–water partition coefficient (Wildman–Crippen LogP) is 3.58. The molecule has 0 amide bonds. The highest BCUT2D eigenvalue weighted by Crippen LogP contribution is 2.17. The summed E-state index contributed by atoms with van der Waals surface area (Å²) in [5.41, 5.74) is 0. The molecule has 17 heavy (non-hydrogen) atoms. The molecule has 0 aromatic carbocycles. The maximum absolute atomic E-state index is 9.22. The first-order valence-electron chi connectivity index (χ1n) is 7.73. The summed E-state index contributed by atoms with van der Waals surface area (Å²) in [6.07, 6.45) is 13.6. The third-order valence-electron chi connectivity index (χ3n) is 4.01. The number of aliphatic hydroxyl groups is 1. The normalized spacial score (nSPS) is 21.2. The van der Waals surface area contributed by atoms with Crippen molar-refractivity contribution >= 4 is 0 Å². The minimum atomic E-state index is 0.358. The molecule has 0 bridgehead atoms. The molecule has 0 aromatic rings. The molecule has 1 saturated heterocycles. The van der Waals surface area contributed by atoms with E-state index >= 15 is 0 Å². The van der Waals surface area contributed by atoms with Crippen LogP contribution >= 0.6 is 0 Å². The molecule has 102 valence electrons. The van der Waals surface area contributed by atoms with Crippen LogP contribution in [0.1, 0.15) is 71.1 Å². The van der Waals surface area contributed by atoms with Gasteiger partial charge in [0, 0.05) is 6.04 Å². The first kappa shape index (κ1) is 15.0. The van der Waals surface area contributed by atoms with Crippen molar-refractivity contribution in [2.45, 2.75) is 77.2 Å². The zero-order valence-corrected chi connectivity index (χ0v) is 11.7. The van der Waals surface area contributed by atoms with Gasteiger partial charge in [-0.25, -0.2) is 0 Å². The molecule has 2 nitrogen and oxygen atoms in total. The van der Waals surface area contributed by atoms with Crippen molar-refractivity contribution in [3.63, 3.8) is 0 Å². The minimum absolute atomic E-state index is 0.358. The van der Waals surface area contributed by atoms with Gasteiger partial charge in [-0.3, -0.25) is 4.90 Å². The Bertz CT molecular complexity index is 172. The summed E-state index contributed by atoms with van der Waals surface area (Å²) >= 11 is 0. The van der Waals surface area contributed by atoms with Gasteiger partial charge in [0.05, 0.1) is 6.61 Å². The van der Waals surface area contributed by atoms with Gasteiger partial charge in [0.15, 0.2) is 0 Å². The summed E-state index contributed by atoms with van der Waals surface area (Å²) in [5.74, 6) is 0. The molecule has 1 rings (SSSR count). The van der Waals surface area contributed by atoms with Gasteiger partial charge in [-0.05, 0) is 32.4 Å². The Balaban J connectivity index is 1.87. The van der Waals surface area contributed by atoms with E-state index in [1.54, 1.807) is 0 Å². The zero-order chi connectivity index (χ0) is 12.3. The second-order valence-corrected chi connectivity index (χ2v) is 5.49. The van der Waals surface area contributed by atoms with Gasteiger partial charge in [-0.2, -0.15) is 0 Å². The molecule has 1 N–H and O–H groups in total. The van der Waals surface area contributed by atoms with E-state index in [-0.39, 0.29) is 0 Å². The molecule has 0 unspecified atom stereocenters. The number of hydrogen-bond donors (Lipinski definition) is 1. The average molecular weight is 241 g/mol. The monoisotopic (exact) mass is 241 g/mol. The molecule has 1 atom stereocenters. The number of likely N-dealkylation sites (tertiary alicyclic amines) is 1. The molecule has 1 heterocycles. The molecule has 1 fully saturated rings. The van der Waals surface area contributed by atoms with Crippen molar-refractivity contribution in [3.05, 3.63) is 0 Å². The van der Waals surface area contributed by atoms with Crippen LogP contribution in [-0.4, -0.2) is 35.7 Å². The van der Waals surface area contributed by atoms with E-state index in [1.807, 2.05) is 0 Å². The van der Waals surface area contributed by atoms with Crippen molar-refractivity contribution < 1.29 is 5.11 Å². The molecule has 0 aliphatic carbocycles. The molecule has 2 heteroatoms. The highest BCUT2D eigenvalue weighted by atomic mass is 16.3. The molecule has 1 aliphatic rings. The second kappa shape index (κ2) is 9.90. The Kier molecular flexibility index (Phi) is 8.72. The number of aliphatic hydroxyl groups excluding tert-OH is 1. The highest BCUT2D eigenvalue weighted by Gasteiger charge is 2.22. The van der Waals surface area contributed by atoms with Crippen LogP contribution in [0.2, 0.25) is 0 Å². The maximum atomic E-state index is 9.22. The van der Waals surface area contributed by atoms with Crippen molar-refractivity contribution in [1.29, 1.82) is 0 Å². The van der Waals surface area contributed by atoms with Crippen LogP contribution in [-0.2, 0) is 0 Å². The summed E-state index contributed by atoms with van der Waals surface area (Å²) in [7, 11) is 0. The van der Waals surface area contributed by atoms with E-state index in [0.717, 1.165) is 0 Å².